The van der Waals surface area contributed by atoms with Crippen LogP contribution in [0.25, 0.3) is 0 Å². The van der Waals surface area contributed by atoms with Gasteiger partial charge in [0.2, 0.25) is 10.0 Å². The molecule has 2 aromatic rings. The SMILES string of the molecule is Cc1ccc(S(=O)(=O)N[C@@H](C[C@@H](O)c2ccccc2)C(C)(C)C)cc1. The third-order valence-electron chi connectivity index (χ3n) is 4.32. The Hall–Kier alpha value is -1.69. The normalized spacial score (nSPS) is 14.9. The van der Waals surface area contributed by atoms with Crippen LogP contribution in [-0.2, 0) is 10.0 Å². The number of hydrogen-bond donors (Lipinski definition) is 2. The van der Waals surface area contributed by atoms with Gasteiger partial charge < -0.3 is 5.11 Å². The van der Waals surface area contributed by atoms with Crippen molar-refractivity contribution in [1.82, 2.24) is 4.72 Å². The predicted molar refractivity (Wildman–Crippen MR) is 101 cm³/mol. The van der Waals surface area contributed by atoms with Crippen LogP contribution in [0, 0.1) is 12.3 Å². The highest BCUT2D eigenvalue weighted by atomic mass is 32.2. The Kier molecular flexibility index (Phi) is 6.03. The smallest absolute Gasteiger partial charge is 0.240 e. The lowest BCUT2D eigenvalue weighted by Gasteiger charge is -2.33. The topological polar surface area (TPSA) is 66.4 Å². The Morgan fingerprint density at radius 2 is 1.56 bits per heavy atom. The number of rotatable bonds is 6. The molecule has 25 heavy (non-hydrogen) atoms. The second kappa shape index (κ2) is 7.68. The molecular formula is C20H27NO3S. The van der Waals surface area contributed by atoms with Gasteiger partial charge in [0.1, 0.15) is 0 Å². The van der Waals surface area contributed by atoms with Gasteiger partial charge >= 0.3 is 0 Å². The minimum atomic E-state index is -3.65. The van der Waals surface area contributed by atoms with Crippen LogP contribution < -0.4 is 4.72 Å². The third-order valence-corrected chi connectivity index (χ3v) is 5.80. The van der Waals surface area contributed by atoms with Gasteiger partial charge in [0.05, 0.1) is 11.0 Å². The first-order chi connectivity index (χ1) is 11.6. The van der Waals surface area contributed by atoms with E-state index in [2.05, 4.69) is 4.72 Å². The summed E-state index contributed by atoms with van der Waals surface area (Å²) in [5.74, 6) is 0. The average molecular weight is 362 g/mol. The molecule has 136 valence electrons. The molecule has 0 spiro atoms. The molecule has 0 aliphatic carbocycles. The molecule has 0 aliphatic rings. The van der Waals surface area contributed by atoms with Crippen LogP contribution in [0.2, 0.25) is 0 Å². The van der Waals surface area contributed by atoms with Gasteiger partial charge in [-0.25, -0.2) is 13.1 Å². The highest BCUT2D eigenvalue weighted by Gasteiger charge is 2.31. The van der Waals surface area contributed by atoms with E-state index in [-0.39, 0.29) is 10.3 Å². The zero-order valence-electron chi connectivity index (χ0n) is 15.2. The van der Waals surface area contributed by atoms with Crippen molar-refractivity contribution in [2.45, 2.75) is 51.2 Å². The van der Waals surface area contributed by atoms with E-state index in [0.717, 1.165) is 11.1 Å². The van der Waals surface area contributed by atoms with Crippen molar-refractivity contribution in [2.75, 3.05) is 0 Å². The zero-order chi connectivity index (χ0) is 18.7. The van der Waals surface area contributed by atoms with Crippen LogP contribution in [0.1, 0.15) is 44.4 Å². The van der Waals surface area contributed by atoms with Crippen molar-refractivity contribution in [2.24, 2.45) is 5.41 Å². The fourth-order valence-corrected chi connectivity index (χ4v) is 4.04. The Labute approximate surface area is 151 Å². The molecule has 0 saturated carbocycles. The molecule has 0 bridgehead atoms. The molecule has 5 heteroatoms. The number of aliphatic hydroxyl groups excluding tert-OH is 1. The monoisotopic (exact) mass is 361 g/mol. The van der Waals surface area contributed by atoms with E-state index in [0.29, 0.717) is 6.42 Å². The van der Waals surface area contributed by atoms with Gasteiger partial charge in [-0.1, -0.05) is 68.8 Å². The molecule has 2 N–H and O–H groups in total. The summed E-state index contributed by atoms with van der Waals surface area (Å²) < 4.78 is 28.2. The summed E-state index contributed by atoms with van der Waals surface area (Å²) in [7, 11) is -3.65. The quantitative estimate of drug-likeness (QED) is 0.822. The first-order valence-electron chi connectivity index (χ1n) is 8.41. The first kappa shape index (κ1) is 19.6. The van der Waals surface area contributed by atoms with E-state index >= 15 is 0 Å². The van der Waals surface area contributed by atoms with Crippen LogP contribution in [-0.4, -0.2) is 19.6 Å². The standard InChI is InChI=1S/C20H27NO3S/c1-15-10-12-17(13-11-15)25(23,24)21-19(20(2,3)4)14-18(22)16-8-6-5-7-9-16/h5-13,18-19,21-22H,14H2,1-4H3/t18-,19+/m1/s1. The Morgan fingerprint density at radius 1 is 1.00 bits per heavy atom. The summed E-state index contributed by atoms with van der Waals surface area (Å²) in [5, 5.41) is 10.5. The van der Waals surface area contributed by atoms with Crippen molar-refractivity contribution < 1.29 is 13.5 Å². The summed E-state index contributed by atoms with van der Waals surface area (Å²) >= 11 is 0. The summed E-state index contributed by atoms with van der Waals surface area (Å²) in [4.78, 5) is 0.238. The average Bonchev–Trinajstić information content (AvgIpc) is 2.54. The molecule has 0 amide bonds. The van der Waals surface area contributed by atoms with Gasteiger partial charge in [-0.3, -0.25) is 0 Å². The molecule has 0 aromatic heterocycles. The maximum Gasteiger partial charge on any atom is 0.240 e. The highest BCUT2D eigenvalue weighted by molar-refractivity contribution is 7.89. The van der Waals surface area contributed by atoms with Crippen LogP contribution in [0.3, 0.4) is 0 Å². The van der Waals surface area contributed by atoms with E-state index in [4.69, 9.17) is 0 Å². The predicted octanol–water partition coefficient (Wildman–Crippen LogP) is 3.81. The minimum absolute atomic E-state index is 0.238. The third kappa shape index (κ3) is 5.39. The first-order valence-corrected chi connectivity index (χ1v) is 9.90. The van der Waals surface area contributed by atoms with Crippen molar-refractivity contribution in [3.63, 3.8) is 0 Å². The molecule has 0 unspecified atom stereocenters. The van der Waals surface area contributed by atoms with E-state index < -0.39 is 22.2 Å². The molecule has 4 nitrogen and oxygen atoms in total. The van der Waals surface area contributed by atoms with Crippen LogP contribution >= 0.6 is 0 Å². The Balaban J connectivity index is 2.22. The summed E-state index contributed by atoms with van der Waals surface area (Å²) in [6.07, 6.45) is -0.426. The van der Waals surface area contributed by atoms with Gasteiger partial charge in [0, 0.05) is 6.04 Å². The van der Waals surface area contributed by atoms with E-state index in [1.807, 2.05) is 58.0 Å². The van der Waals surface area contributed by atoms with E-state index in [1.165, 1.54) is 0 Å². The van der Waals surface area contributed by atoms with Crippen LogP contribution in [0.5, 0.6) is 0 Å². The molecule has 0 saturated heterocycles. The van der Waals surface area contributed by atoms with E-state index in [1.54, 1.807) is 24.3 Å². The fourth-order valence-electron chi connectivity index (χ4n) is 2.59. The van der Waals surface area contributed by atoms with Crippen molar-refractivity contribution >= 4 is 10.0 Å². The van der Waals surface area contributed by atoms with E-state index in [9.17, 15) is 13.5 Å². The Morgan fingerprint density at radius 3 is 2.08 bits per heavy atom. The zero-order valence-corrected chi connectivity index (χ0v) is 16.0. The molecule has 0 radical (unpaired) electrons. The molecule has 2 atom stereocenters. The van der Waals surface area contributed by atoms with Gasteiger partial charge in [-0.15, -0.1) is 0 Å². The summed E-state index contributed by atoms with van der Waals surface area (Å²) in [6, 6.07) is 15.7. The lowest BCUT2D eigenvalue weighted by atomic mass is 9.83. The number of aliphatic hydroxyl groups is 1. The highest BCUT2D eigenvalue weighted by Crippen LogP contribution is 2.29. The van der Waals surface area contributed by atoms with Crippen molar-refractivity contribution in [3.8, 4) is 0 Å². The van der Waals surface area contributed by atoms with Gasteiger partial charge in [0.25, 0.3) is 0 Å². The molecule has 2 rings (SSSR count). The lowest BCUT2D eigenvalue weighted by Crippen LogP contribution is -2.44. The van der Waals surface area contributed by atoms with Crippen molar-refractivity contribution in [3.05, 3.63) is 65.7 Å². The Bertz CT molecular complexity index is 778. The molecular weight excluding hydrogens is 334 g/mol. The number of hydrogen-bond acceptors (Lipinski definition) is 3. The van der Waals surface area contributed by atoms with Gasteiger partial charge in [-0.05, 0) is 36.5 Å². The van der Waals surface area contributed by atoms with Crippen LogP contribution in [0.15, 0.2) is 59.5 Å². The van der Waals surface area contributed by atoms with Crippen LogP contribution in [0.4, 0.5) is 0 Å². The number of aryl methyl sites for hydroxylation is 1. The maximum atomic E-state index is 12.7. The molecule has 0 fully saturated rings. The number of sulfonamides is 1. The van der Waals surface area contributed by atoms with Gasteiger partial charge in [0.15, 0.2) is 0 Å². The second-order valence-electron chi connectivity index (χ2n) is 7.52. The molecule has 0 aliphatic heterocycles. The lowest BCUT2D eigenvalue weighted by molar-refractivity contribution is 0.128. The number of nitrogens with one attached hydrogen (secondary N) is 1. The minimum Gasteiger partial charge on any atom is -0.388 e. The van der Waals surface area contributed by atoms with Crippen molar-refractivity contribution in [1.29, 1.82) is 0 Å². The maximum absolute atomic E-state index is 12.7. The largest absolute Gasteiger partial charge is 0.388 e. The molecule has 2 aromatic carbocycles. The fraction of sp³-hybridized carbons (Fsp3) is 0.400. The molecule has 0 heterocycles. The van der Waals surface area contributed by atoms with Gasteiger partial charge in [-0.2, -0.15) is 0 Å². The second-order valence-corrected chi connectivity index (χ2v) is 9.23. The number of benzene rings is 2. The summed E-state index contributed by atoms with van der Waals surface area (Å²) in [5.41, 5.74) is 1.45. The summed E-state index contributed by atoms with van der Waals surface area (Å²) in [6.45, 7) is 7.81.